The lowest BCUT2D eigenvalue weighted by molar-refractivity contribution is -0.113. The number of hydrogen-bond acceptors (Lipinski definition) is 5. The molecule has 8 heteroatoms. The van der Waals surface area contributed by atoms with E-state index in [1.807, 2.05) is 25.1 Å². The molecule has 0 saturated carbocycles. The van der Waals surface area contributed by atoms with E-state index in [-0.39, 0.29) is 11.7 Å². The van der Waals surface area contributed by atoms with E-state index in [0.717, 1.165) is 39.9 Å². The van der Waals surface area contributed by atoms with E-state index in [1.54, 1.807) is 0 Å². The van der Waals surface area contributed by atoms with Crippen molar-refractivity contribution in [2.45, 2.75) is 38.3 Å². The van der Waals surface area contributed by atoms with Crippen molar-refractivity contribution in [3.8, 4) is 0 Å². The van der Waals surface area contributed by atoms with Crippen molar-refractivity contribution >= 4 is 45.9 Å². The van der Waals surface area contributed by atoms with Gasteiger partial charge in [-0.1, -0.05) is 25.1 Å². The van der Waals surface area contributed by atoms with Crippen LogP contribution in [0.25, 0.3) is 0 Å². The van der Waals surface area contributed by atoms with Gasteiger partial charge in [0.2, 0.25) is 11.1 Å². The number of nitrogen functional groups attached to an aromatic ring is 1. The highest BCUT2D eigenvalue weighted by Crippen LogP contribution is 2.19. The number of hydrogen-bond donors (Lipinski definition) is 2. The third-order valence-corrected chi connectivity index (χ3v) is 4.90. The van der Waals surface area contributed by atoms with Crippen LogP contribution in [0.5, 0.6) is 0 Å². The Morgan fingerprint density at radius 1 is 1.43 bits per heavy atom. The minimum Gasteiger partial charge on any atom is -0.336 e. The van der Waals surface area contributed by atoms with E-state index in [1.165, 1.54) is 16.4 Å². The second-order valence-corrected chi connectivity index (χ2v) is 7.36. The zero-order valence-electron chi connectivity index (χ0n) is 13.2. The molecule has 0 radical (unpaired) electrons. The van der Waals surface area contributed by atoms with Crippen LogP contribution in [0.4, 0.5) is 5.69 Å². The van der Waals surface area contributed by atoms with Gasteiger partial charge in [-0.2, -0.15) is 0 Å². The third kappa shape index (κ3) is 5.10. The number of carbonyl (C=O) groups is 1. The Balaban J connectivity index is 1.90. The summed E-state index contributed by atoms with van der Waals surface area (Å²) in [4.78, 5) is 12.1. The first-order valence-corrected chi connectivity index (χ1v) is 9.46. The van der Waals surface area contributed by atoms with Gasteiger partial charge in [0.25, 0.3) is 0 Å². The Labute approximate surface area is 153 Å². The van der Waals surface area contributed by atoms with Gasteiger partial charge in [0.1, 0.15) is 0 Å². The van der Waals surface area contributed by atoms with Crippen LogP contribution in [0.3, 0.4) is 0 Å². The first-order chi connectivity index (χ1) is 11.0. The topological polar surface area (TPSA) is 85.8 Å². The maximum atomic E-state index is 12.1. The maximum absolute atomic E-state index is 12.1. The van der Waals surface area contributed by atoms with Crippen LogP contribution in [-0.2, 0) is 11.2 Å². The van der Waals surface area contributed by atoms with Crippen molar-refractivity contribution < 1.29 is 4.79 Å². The summed E-state index contributed by atoms with van der Waals surface area (Å²) in [6, 6.07) is 5.90. The Morgan fingerprint density at radius 3 is 2.91 bits per heavy atom. The van der Waals surface area contributed by atoms with Gasteiger partial charge in [0.05, 0.1) is 5.75 Å². The predicted molar refractivity (Wildman–Crippen MR) is 102 cm³/mol. The van der Waals surface area contributed by atoms with Gasteiger partial charge in [-0.3, -0.25) is 4.79 Å². The average Bonchev–Trinajstić information content (AvgIpc) is 2.86. The molecule has 0 unspecified atom stereocenters. The first-order valence-electron chi connectivity index (χ1n) is 7.39. The number of aromatic nitrogens is 3. The number of carbonyl (C=O) groups excluding carboxylic acids is 1. The summed E-state index contributed by atoms with van der Waals surface area (Å²) in [5.74, 6) is 6.87. The number of amides is 1. The lowest BCUT2D eigenvalue weighted by Gasteiger charge is -2.08. The minimum absolute atomic E-state index is 0.0857. The van der Waals surface area contributed by atoms with Gasteiger partial charge in [-0.25, -0.2) is 4.68 Å². The van der Waals surface area contributed by atoms with E-state index in [4.69, 9.17) is 5.84 Å². The molecule has 0 fully saturated rings. The summed E-state index contributed by atoms with van der Waals surface area (Å²) in [6.07, 6.45) is 2.90. The zero-order valence-corrected chi connectivity index (χ0v) is 16.1. The molecular weight excluding hydrogens is 425 g/mol. The Bertz CT molecular complexity index is 689. The molecule has 124 valence electrons. The van der Waals surface area contributed by atoms with Crippen molar-refractivity contribution in [3.63, 3.8) is 0 Å². The zero-order chi connectivity index (χ0) is 16.8. The summed E-state index contributed by atoms with van der Waals surface area (Å²) in [6.45, 7) is 4.09. The molecule has 1 amide bonds. The molecule has 2 rings (SSSR count). The molecule has 0 bridgehead atoms. The molecule has 1 aromatic heterocycles. The third-order valence-electron chi connectivity index (χ3n) is 3.28. The Morgan fingerprint density at radius 2 is 2.22 bits per heavy atom. The van der Waals surface area contributed by atoms with E-state index < -0.39 is 0 Å². The second kappa shape index (κ2) is 8.53. The van der Waals surface area contributed by atoms with Crippen LogP contribution in [0.2, 0.25) is 0 Å². The van der Waals surface area contributed by atoms with Crippen molar-refractivity contribution in [1.82, 2.24) is 14.9 Å². The lowest BCUT2D eigenvalue weighted by atomic mass is 10.2. The largest absolute Gasteiger partial charge is 0.336 e. The van der Waals surface area contributed by atoms with E-state index in [0.29, 0.717) is 5.16 Å². The van der Waals surface area contributed by atoms with E-state index in [9.17, 15) is 4.79 Å². The predicted octanol–water partition coefficient (Wildman–Crippen LogP) is 2.98. The van der Waals surface area contributed by atoms with Crippen molar-refractivity contribution in [2.75, 3.05) is 16.9 Å². The minimum atomic E-state index is -0.0857. The second-order valence-electron chi connectivity index (χ2n) is 5.17. The van der Waals surface area contributed by atoms with Crippen LogP contribution in [-0.4, -0.2) is 26.5 Å². The standard InChI is InChI=1S/C15H20IN5OS/c1-3-4-5-13-19-20-15(21(13)17)23-9-14(22)18-12-7-6-11(16)8-10(12)2/h6-8H,3-5,9,17H2,1-2H3,(H,18,22). The summed E-state index contributed by atoms with van der Waals surface area (Å²) in [7, 11) is 0. The molecule has 0 aliphatic rings. The lowest BCUT2D eigenvalue weighted by Crippen LogP contribution is -2.17. The van der Waals surface area contributed by atoms with E-state index in [2.05, 4.69) is 45.0 Å². The molecule has 1 aromatic carbocycles. The quantitative estimate of drug-likeness (QED) is 0.389. The number of benzene rings is 1. The highest BCUT2D eigenvalue weighted by molar-refractivity contribution is 14.1. The van der Waals surface area contributed by atoms with Gasteiger partial charge in [0.15, 0.2) is 5.82 Å². The molecular formula is C15H20IN5OS. The number of nitrogens with zero attached hydrogens (tertiary/aromatic N) is 3. The number of aryl methyl sites for hydroxylation is 2. The monoisotopic (exact) mass is 445 g/mol. The number of anilines is 1. The average molecular weight is 445 g/mol. The van der Waals surface area contributed by atoms with Gasteiger partial charge in [-0.15, -0.1) is 10.2 Å². The normalized spacial score (nSPS) is 10.7. The van der Waals surface area contributed by atoms with Crippen LogP contribution in [0.1, 0.15) is 31.2 Å². The van der Waals surface area contributed by atoms with Crippen LogP contribution >= 0.6 is 34.4 Å². The number of nitrogens with two attached hydrogens (primary N) is 1. The maximum Gasteiger partial charge on any atom is 0.234 e. The number of unbranched alkanes of at least 4 members (excludes halogenated alkanes) is 1. The smallest absolute Gasteiger partial charge is 0.234 e. The van der Waals surface area contributed by atoms with Gasteiger partial charge < -0.3 is 11.2 Å². The Kier molecular flexibility index (Phi) is 6.70. The molecule has 23 heavy (non-hydrogen) atoms. The Hall–Kier alpha value is -1.29. The highest BCUT2D eigenvalue weighted by atomic mass is 127. The molecule has 1 heterocycles. The van der Waals surface area contributed by atoms with E-state index >= 15 is 0 Å². The molecule has 0 aliphatic heterocycles. The molecule has 0 aliphatic carbocycles. The summed E-state index contributed by atoms with van der Waals surface area (Å²) in [5, 5.41) is 11.6. The van der Waals surface area contributed by atoms with Crippen LogP contribution in [0.15, 0.2) is 23.4 Å². The molecule has 0 saturated heterocycles. The van der Waals surface area contributed by atoms with Crippen molar-refractivity contribution in [2.24, 2.45) is 0 Å². The fraction of sp³-hybridized carbons (Fsp3) is 0.400. The SMILES string of the molecule is CCCCc1nnc(SCC(=O)Nc2ccc(I)cc2C)n1N. The van der Waals surface area contributed by atoms with Gasteiger partial charge in [-0.05, 0) is 59.7 Å². The fourth-order valence-corrected chi connectivity index (χ4v) is 3.32. The molecule has 0 atom stereocenters. The van der Waals surface area contributed by atoms with Crippen molar-refractivity contribution in [3.05, 3.63) is 33.2 Å². The number of halogens is 1. The van der Waals surface area contributed by atoms with Gasteiger partial charge >= 0.3 is 0 Å². The molecule has 2 aromatic rings. The molecule has 6 nitrogen and oxygen atoms in total. The van der Waals surface area contributed by atoms with Gasteiger partial charge in [0, 0.05) is 15.7 Å². The molecule has 3 N–H and O–H groups in total. The van der Waals surface area contributed by atoms with Crippen LogP contribution in [0, 0.1) is 10.5 Å². The summed E-state index contributed by atoms with van der Waals surface area (Å²) in [5.41, 5.74) is 1.87. The number of nitrogens with one attached hydrogen (secondary N) is 1. The number of rotatable bonds is 7. The first kappa shape index (κ1) is 18.1. The molecule has 0 spiro atoms. The number of thioether (sulfide) groups is 1. The summed E-state index contributed by atoms with van der Waals surface area (Å²) < 4.78 is 2.62. The highest BCUT2D eigenvalue weighted by Gasteiger charge is 2.12. The van der Waals surface area contributed by atoms with Crippen molar-refractivity contribution in [1.29, 1.82) is 0 Å². The van der Waals surface area contributed by atoms with Crippen LogP contribution < -0.4 is 11.2 Å². The summed E-state index contributed by atoms with van der Waals surface area (Å²) >= 11 is 3.54. The fourth-order valence-electron chi connectivity index (χ4n) is 1.99.